The van der Waals surface area contributed by atoms with Crippen LogP contribution in [0, 0.1) is 5.82 Å². The van der Waals surface area contributed by atoms with Crippen LogP contribution in [-0.4, -0.2) is 11.1 Å². The van der Waals surface area contributed by atoms with Gasteiger partial charge in [0.2, 0.25) is 0 Å². The van der Waals surface area contributed by atoms with E-state index in [2.05, 4.69) is 0 Å². The van der Waals surface area contributed by atoms with Crippen LogP contribution < -0.4 is 0 Å². The van der Waals surface area contributed by atoms with Crippen molar-refractivity contribution in [2.45, 2.75) is 12.3 Å². The molecular weight excluding hydrogens is 302 g/mol. The van der Waals surface area contributed by atoms with Crippen LogP contribution in [0.3, 0.4) is 0 Å². The molecule has 5 heteroatoms. The van der Waals surface area contributed by atoms with E-state index in [1.54, 1.807) is 30.3 Å². The highest BCUT2D eigenvalue weighted by atomic mass is 35.5. The Morgan fingerprint density at radius 2 is 1.90 bits per heavy atom. The van der Waals surface area contributed by atoms with Gasteiger partial charge in [-0.3, -0.25) is 4.79 Å². The first-order valence-electron chi connectivity index (χ1n) is 5.90. The molecule has 2 aromatic rings. The molecule has 0 saturated heterocycles. The minimum absolute atomic E-state index is 0.0409. The van der Waals surface area contributed by atoms with Crippen molar-refractivity contribution in [1.29, 1.82) is 0 Å². The molecule has 1 atom stereocenters. The second kappa shape index (κ2) is 6.25. The molecule has 1 unspecified atom stereocenters. The fourth-order valence-corrected chi connectivity index (χ4v) is 2.40. The Kier molecular flexibility index (Phi) is 4.63. The second-order valence-electron chi connectivity index (χ2n) is 4.36. The lowest BCUT2D eigenvalue weighted by Gasteiger charge is -2.14. The molecule has 1 N–H and O–H groups in total. The molecular formula is C15H11Cl2FO2. The number of carbonyl (C=O) groups is 1. The lowest BCUT2D eigenvalue weighted by atomic mass is 9.92. The normalized spacial score (nSPS) is 12.2. The molecule has 20 heavy (non-hydrogen) atoms. The summed E-state index contributed by atoms with van der Waals surface area (Å²) in [6, 6.07) is 11.0. The van der Waals surface area contributed by atoms with Crippen molar-refractivity contribution in [3.8, 4) is 0 Å². The summed E-state index contributed by atoms with van der Waals surface area (Å²) >= 11 is 11.7. The Bertz CT molecular complexity index is 644. The summed E-state index contributed by atoms with van der Waals surface area (Å²) < 4.78 is 13.4. The molecule has 0 radical (unpaired) electrons. The van der Waals surface area contributed by atoms with E-state index in [1.807, 2.05) is 0 Å². The van der Waals surface area contributed by atoms with Crippen molar-refractivity contribution in [2.75, 3.05) is 0 Å². The van der Waals surface area contributed by atoms with Crippen LogP contribution in [0.5, 0.6) is 0 Å². The topological polar surface area (TPSA) is 37.3 Å². The number of aliphatic carboxylic acids is 1. The summed E-state index contributed by atoms with van der Waals surface area (Å²) in [6.07, 6.45) is 0.103. The van der Waals surface area contributed by atoms with E-state index in [0.29, 0.717) is 16.1 Å². The van der Waals surface area contributed by atoms with Gasteiger partial charge in [0, 0.05) is 5.02 Å². The van der Waals surface area contributed by atoms with E-state index in [1.165, 1.54) is 12.1 Å². The van der Waals surface area contributed by atoms with Gasteiger partial charge in [-0.05, 0) is 35.7 Å². The molecule has 104 valence electrons. The van der Waals surface area contributed by atoms with Gasteiger partial charge in [-0.25, -0.2) is 4.39 Å². The van der Waals surface area contributed by atoms with Crippen LogP contribution in [0.4, 0.5) is 4.39 Å². The Labute approximate surface area is 125 Å². The maximum absolute atomic E-state index is 13.4. The highest BCUT2D eigenvalue weighted by molar-refractivity contribution is 6.31. The Hall–Kier alpha value is -1.58. The van der Waals surface area contributed by atoms with Crippen LogP contribution in [0.1, 0.15) is 17.0 Å². The first-order chi connectivity index (χ1) is 9.49. The Morgan fingerprint density at radius 3 is 2.55 bits per heavy atom. The van der Waals surface area contributed by atoms with Crippen molar-refractivity contribution in [3.63, 3.8) is 0 Å². The largest absolute Gasteiger partial charge is 0.481 e. The second-order valence-corrected chi connectivity index (χ2v) is 5.18. The predicted molar refractivity (Wildman–Crippen MR) is 76.9 cm³/mol. The minimum atomic E-state index is -1.01. The van der Waals surface area contributed by atoms with Crippen LogP contribution >= 0.6 is 23.2 Å². The summed E-state index contributed by atoms with van der Waals surface area (Å²) in [6.45, 7) is 0. The summed E-state index contributed by atoms with van der Waals surface area (Å²) in [5.74, 6) is -2.39. The number of hydrogen-bond donors (Lipinski definition) is 1. The molecule has 0 aliphatic carbocycles. The molecule has 0 bridgehead atoms. The Balaban J connectivity index is 2.36. The molecule has 0 amide bonds. The van der Waals surface area contributed by atoms with E-state index in [9.17, 15) is 14.3 Å². The maximum atomic E-state index is 13.4. The number of halogens is 3. The quantitative estimate of drug-likeness (QED) is 0.899. The van der Waals surface area contributed by atoms with Crippen LogP contribution in [-0.2, 0) is 11.2 Å². The fourth-order valence-electron chi connectivity index (χ4n) is 2.00. The molecule has 2 rings (SSSR count). The lowest BCUT2D eigenvalue weighted by Crippen LogP contribution is -2.14. The summed E-state index contributed by atoms with van der Waals surface area (Å²) in [4.78, 5) is 11.4. The predicted octanol–water partition coefficient (Wildman–Crippen LogP) is 4.54. The molecule has 0 heterocycles. The third kappa shape index (κ3) is 3.30. The monoisotopic (exact) mass is 312 g/mol. The summed E-state index contributed by atoms with van der Waals surface area (Å²) in [7, 11) is 0. The highest BCUT2D eigenvalue weighted by Gasteiger charge is 2.22. The number of hydrogen-bond acceptors (Lipinski definition) is 1. The van der Waals surface area contributed by atoms with Crippen LogP contribution in [0.15, 0.2) is 42.5 Å². The number of carboxylic acids is 1. The van der Waals surface area contributed by atoms with Gasteiger partial charge in [0.1, 0.15) is 5.82 Å². The molecule has 2 nitrogen and oxygen atoms in total. The fraction of sp³-hybridized carbons (Fsp3) is 0.133. The third-order valence-corrected chi connectivity index (χ3v) is 3.66. The zero-order valence-electron chi connectivity index (χ0n) is 10.3. The molecule has 2 aromatic carbocycles. The summed E-state index contributed by atoms with van der Waals surface area (Å²) in [5, 5.41) is 9.78. The molecule has 0 fully saturated rings. The molecule has 0 spiro atoms. The SMILES string of the molecule is O=C(O)C(Cc1cccc(F)c1Cl)c1cccc(Cl)c1. The molecule has 0 aliphatic rings. The van der Waals surface area contributed by atoms with E-state index >= 15 is 0 Å². The van der Waals surface area contributed by atoms with Gasteiger partial charge in [-0.1, -0.05) is 47.5 Å². The van der Waals surface area contributed by atoms with Crippen LogP contribution in [0.25, 0.3) is 0 Å². The Morgan fingerprint density at radius 1 is 1.20 bits per heavy atom. The smallest absolute Gasteiger partial charge is 0.311 e. The number of rotatable bonds is 4. The van der Waals surface area contributed by atoms with Gasteiger partial charge < -0.3 is 5.11 Å². The van der Waals surface area contributed by atoms with Gasteiger partial charge in [-0.15, -0.1) is 0 Å². The van der Waals surface area contributed by atoms with Gasteiger partial charge in [-0.2, -0.15) is 0 Å². The zero-order valence-corrected chi connectivity index (χ0v) is 11.8. The van der Waals surface area contributed by atoms with Crippen molar-refractivity contribution in [1.82, 2.24) is 0 Å². The average molecular weight is 313 g/mol. The average Bonchev–Trinajstić information content (AvgIpc) is 2.40. The maximum Gasteiger partial charge on any atom is 0.311 e. The van der Waals surface area contributed by atoms with Gasteiger partial charge >= 0.3 is 5.97 Å². The molecule has 0 saturated carbocycles. The van der Waals surface area contributed by atoms with Gasteiger partial charge in [0.25, 0.3) is 0 Å². The van der Waals surface area contributed by atoms with E-state index in [0.717, 1.165) is 0 Å². The summed E-state index contributed by atoms with van der Waals surface area (Å²) in [5.41, 5.74) is 1.02. The van der Waals surface area contributed by atoms with Crippen LogP contribution in [0.2, 0.25) is 10.0 Å². The van der Waals surface area contributed by atoms with Crippen molar-refractivity contribution in [3.05, 3.63) is 69.5 Å². The molecule has 0 aliphatic heterocycles. The van der Waals surface area contributed by atoms with Crippen molar-refractivity contribution in [2.24, 2.45) is 0 Å². The minimum Gasteiger partial charge on any atom is -0.481 e. The third-order valence-electron chi connectivity index (χ3n) is 3.00. The highest BCUT2D eigenvalue weighted by Crippen LogP contribution is 2.28. The van der Waals surface area contributed by atoms with Crippen molar-refractivity contribution >= 4 is 29.2 Å². The van der Waals surface area contributed by atoms with E-state index in [-0.39, 0.29) is 11.4 Å². The van der Waals surface area contributed by atoms with E-state index < -0.39 is 17.7 Å². The lowest BCUT2D eigenvalue weighted by molar-refractivity contribution is -0.138. The van der Waals surface area contributed by atoms with Crippen molar-refractivity contribution < 1.29 is 14.3 Å². The number of benzene rings is 2. The first-order valence-corrected chi connectivity index (χ1v) is 6.66. The van der Waals surface area contributed by atoms with Gasteiger partial charge in [0.05, 0.1) is 10.9 Å². The zero-order chi connectivity index (χ0) is 14.7. The van der Waals surface area contributed by atoms with E-state index in [4.69, 9.17) is 23.2 Å². The first kappa shape index (κ1) is 14.8. The standard InChI is InChI=1S/C15H11Cl2FO2/c16-11-5-1-3-9(7-11)12(15(19)20)8-10-4-2-6-13(18)14(10)17/h1-7,12H,8H2,(H,19,20). The number of carboxylic acid groups (broad SMARTS) is 1. The van der Waals surface area contributed by atoms with Gasteiger partial charge in [0.15, 0.2) is 0 Å². The molecule has 0 aromatic heterocycles.